The summed E-state index contributed by atoms with van der Waals surface area (Å²) in [5.41, 5.74) is 1.12. The molecule has 1 heterocycles. The molecule has 4 rings (SSSR count). The molecule has 8 nitrogen and oxygen atoms in total. The molecule has 0 radical (unpaired) electrons. The van der Waals surface area contributed by atoms with Gasteiger partial charge in [-0.15, -0.1) is 11.3 Å². The van der Waals surface area contributed by atoms with Gasteiger partial charge in [-0.25, -0.2) is 9.37 Å². The number of aryl methyl sites for hydroxylation is 1. The van der Waals surface area contributed by atoms with Gasteiger partial charge in [-0.2, -0.15) is 0 Å². The van der Waals surface area contributed by atoms with E-state index in [0.29, 0.717) is 0 Å². The molecule has 5 atom stereocenters. The van der Waals surface area contributed by atoms with Crippen molar-refractivity contribution in [3.8, 4) is 10.4 Å². The highest BCUT2D eigenvalue weighted by molar-refractivity contribution is 7.13. The molecule has 2 saturated carbocycles. The Morgan fingerprint density at radius 3 is 2.14 bits per heavy atom. The van der Waals surface area contributed by atoms with Crippen LogP contribution < -0.4 is 10.6 Å². The summed E-state index contributed by atoms with van der Waals surface area (Å²) in [7, 11) is 0. The first kappa shape index (κ1) is 32.9. The molecule has 2 aliphatic carbocycles. The van der Waals surface area contributed by atoms with E-state index in [1.165, 1.54) is 11.3 Å². The normalized spacial score (nSPS) is 22.9. The van der Waals surface area contributed by atoms with E-state index in [2.05, 4.69) is 15.6 Å². The smallest absolute Gasteiger partial charge is 0.258 e. The quantitative estimate of drug-likeness (QED) is 0.335. The van der Waals surface area contributed by atoms with Gasteiger partial charge in [0.05, 0.1) is 40.2 Å². The molecule has 1 unspecified atom stereocenters. The van der Waals surface area contributed by atoms with Crippen LogP contribution in [0.3, 0.4) is 0 Å². The highest BCUT2D eigenvalue weighted by Crippen LogP contribution is 2.42. The molecule has 10 heteroatoms. The number of benzene rings is 1. The average Bonchev–Trinajstić information content (AvgIpc) is 3.33. The van der Waals surface area contributed by atoms with Crippen molar-refractivity contribution in [3.05, 3.63) is 41.0 Å². The predicted molar refractivity (Wildman–Crippen MR) is 164 cm³/mol. The van der Waals surface area contributed by atoms with Crippen molar-refractivity contribution in [1.82, 2.24) is 15.6 Å². The molecule has 43 heavy (non-hydrogen) atoms. The lowest BCUT2D eigenvalue weighted by atomic mass is 9.77. The molecule has 0 bridgehead atoms. The second-order valence-electron chi connectivity index (χ2n) is 14.3. The Hall–Kier alpha value is -2.98. The minimum atomic E-state index is -1.95. The topological polar surface area (TPSA) is 125 Å². The van der Waals surface area contributed by atoms with Crippen LogP contribution in [0.15, 0.2) is 29.8 Å². The fraction of sp³-hybridized carbons (Fsp3) is 0.606. The predicted octanol–water partition coefficient (Wildman–Crippen LogP) is 5.27. The molecular formula is C33H44FN3O5S. The summed E-state index contributed by atoms with van der Waals surface area (Å²) in [6.45, 7) is 12.8. The van der Waals surface area contributed by atoms with Crippen LogP contribution in [0.4, 0.5) is 4.39 Å². The summed E-state index contributed by atoms with van der Waals surface area (Å²) in [5.74, 6) is -3.41. The number of ketones is 2. The van der Waals surface area contributed by atoms with Crippen LogP contribution in [-0.2, 0) is 19.2 Å². The maximum Gasteiger partial charge on any atom is 0.258 e. The molecule has 2 aromatic rings. The first-order chi connectivity index (χ1) is 19.9. The van der Waals surface area contributed by atoms with Crippen molar-refractivity contribution < 1.29 is 28.7 Å². The molecular weight excluding hydrogens is 569 g/mol. The molecule has 234 valence electrons. The maximum absolute atomic E-state index is 14.5. The lowest BCUT2D eigenvalue weighted by molar-refractivity contribution is -0.139. The highest BCUT2D eigenvalue weighted by atomic mass is 32.1. The first-order valence-corrected chi connectivity index (χ1v) is 15.8. The fourth-order valence-electron chi connectivity index (χ4n) is 5.61. The van der Waals surface area contributed by atoms with Gasteiger partial charge in [0.15, 0.2) is 11.5 Å². The van der Waals surface area contributed by atoms with Gasteiger partial charge in [-0.3, -0.25) is 19.2 Å². The number of halogens is 1. The molecule has 2 amide bonds. The Morgan fingerprint density at radius 2 is 1.63 bits per heavy atom. The number of rotatable bonds is 10. The van der Waals surface area contributed by atoms with Gasteiger partial charge in [0.25, 0.3) is 5.91 Å². The Kier molecular flexibility index (Phi) is 9.33. The molecule has 1 aromatic heterocycles. The van der Waals surface area contributed by atoms with E-state index in [1.54, 1.807) is 26.3 Å². The van der Waals surface area contributed by atoms with Crippen LogP contribution in [0.2, 0.25) is 0 Å². The zero-order valence-electron chi connectivity index (χ0n) is 26.1. The lowest BCUT2D eigenvalue weighted by Gasteiger charge is -2.34. The van der Waals surface area contributed by atoms with E-state index in [9.17, 15) is 28.7 Å². The van der Waals surface area contributed by atoms with Crippen LogP contribution in [0.25, 0.3) is 10.4 Å². The van der Waals surface area contributed by atoms with Crippen LogP contribution in [0, 0.1) is 29.6 Å². The standard InChI is InChI=1S/C33H44FN3O5S/c1-18-27(43-17-35-18)20-10-8-19(9-11-20)24(16-25(39)31(2,3)4)36-29(41)23-15-21(38)14-22(23)26(40)28(32(5,6)7)37-30(42)33(34)12-13-33/h8-11,17,21-24,28,38H,12-16H2,1-7H3,(H,36,41)(H,37,42)/t21-,22?,23+,24-,28+/m0/s1. The molecule has 2 aliphatic rings. The van der Waals surface area contributed by atoms with Crippen molar-refractivity contribution >= 4 is 34.7 Å². The number of alkyl halides is 1. The number of nitrogens with one attached hydrogen (secondary N) is 2. The number of hydrogen-bond acceptors (Lipinski definition) is 7. The Balaban J connectivity index is 1.58. The molecule has 1 aromatic carbocycles. The second kappa shape index (κ2) is 12.2. The summed E-state index contributed by atoms with van der Waals surface area (Å²) < 4.78 is 14.5. The fourth-order valence-corrected chi connectivity index (χ4v) is 6.42. The Bertz CT molecular complexity index is 1370. The van der Waals surface area contributed by atoms with Crippen LogP contribution in [0.1, 0.15) is 90.9 Å². The summed E-state index contributed by atoms with van der Waals surface area (Å²) in [6, 6.07) is 5.98. The molecule has 2 fully saturated rings. The largest absolute Gasteiger partial charge is 0.393 e. The van der Waals surface area contributed by atoms with Crippen LogP contribution >= 0.6 is 11.3 Å². The number of nitrogens with zero attached hydrogens (tertiary/aromatic N) is 1. The number of aromatic nitrogens is 1. The number of aliphatic hydroxyl groups is 1. The van der Waals surface area contributed by atoms with E-state index in [1.807, 2.05) is 52.0 Å². The molecule has 0 saturated heterocycles. The van der Waals surface area contributed by atoms with Gasteiger partial charge in [0, 0.05) is 17.8 Å². The van der Waals surface area contributed by atoms with Crippen molar-refractivity contribution in [3.63, 3.8) is 0 Å². The molecule has 0 spiro atoms. The number of hydrogen-bond donors (Lipinski definition) is 3. The summed E-state index contributed by atoms with van der Waals surface area (Å²) in [6.07, 6.45) is -0.444. The zero-order chi connectivity index (χ0) is 31.9. The minimum Gasteiger partial charge on any atom is -0.393 e. The van der Waals surface area contributed by atoms with Crippen molar-refractivity contribution in [2.45, 2.75) is 104 Å². The Morgan fingerprint density at radius 1 is 1.02 bits per heavy atom. The van der Waals surface area contributed by atoms with E-state index < -0.39 is 64.1 Å². The number of carbonyl (C=O) groups excluding carboxylic acids is 4. The van der Waals surface area contributed by atoms with Gasteiger partial charge in [0.1, 0.15) is 5.78 Å². The summed E-state index contributed by atoms with van der Waals surface area (Å²) in [5, 5.41) is 16.2. The molecule has 0 aliphatic heterocycles. The molecule has 3 N–H and O–H groups in total. The number of aliphatic hydroxyl groups excluding tert-OH is 1. The van der Waals surface area contributed by atoms with Gasteiger partial charge in [0.2, 0.25) is 5.91 Å². The lowest BCUT2D eigenvalue weighted by Crippen LogP contribution is -2.54. The van der Waals surface area contributed by atoms with E-state index in [4.69, 9.17) is 0 Å². The van der Waals surface area contributed by atoms with Gasteiger partial charge >= 0.3 is 0 Å². The maximum atomic E-state index is 14.5. The number of Topliss-reactive ketones (excluding diaryl/α,β-unsaturated/α-hetero) is 2. The summed E-state index contributed by atoms with van der Waals surface area (Å²) in [4.78, 5) is 58.8. The second-order valence-corrected chi connectivity index (χ2v) is 15.2. The SMILES string of the molecule is Cc1ncsc1-c1ccc([C@H](CC(=O)C(C)(C)C)NC(=O)[C@@H]2C[C@@H](O)CC2C(=O)[C@@H](NC(=O)C2(F)CC2)C(C)(C)C)cc1. The number of thiazole rings is 1. The zero-order valence-corrected chi connectivity index (χ0v) is 26.9. The van der Waals surface area contributed by atoms with E-state index in [-0.39, 0.29) is 37.9 Å². The number of carbonyl (C=O) groups is 4. The summed E-state index contributed by atoms with van der Waals surface area (Å²) >= 11 is 1.54. The van der Waals surface area contributed by atoms with Crippen molar-refractivity contribution in [1.29, 1.82) is 0 Å². The Labute approximate surface area is 257 Å². The third-order valence-corrected chi connectivity index (χ3v) is 9.60. The third-order valence-electron chi connectivity index (χ3n) is 8.63. The van der Waals surface area contributed by atoms with Crippen molar-refractivity contribution in [2.24, 2.45) is 22.7 Å². The van der Waals surface area contributed by atoms with Crippen LogP contribution in [-0.4, -0.2) is 51.3 Å². The van der Waals surface area contributed by atoms with Crippen LogP contribution in [0.5, 0.6) is 0 Å². The van der Waals surface area contributed by atoms with Gasteiger partial charge in [-0.1, -0.05) is 65.8 Å². The van der Waals surface area contributed by atoms with Crippen molar-refractivity contribution in [2.75, 3.05) is 0 Å². The minimum absolute atomic E-state index is 0.0324. The van der Waals surface area contributed by atoms with Gasteiger partial charge in [-0.05, 0) is 49.1 Å². The monoisotopic (exact) mass is 613 g/mol. The number of amides is 2. The first-order valence-electron chi connectivity index (χ1n) is 15.0. The van der Waals surface area contributed by atoms with Gasteiger partial charge < -0.3 is 15.7 Å². The van der Waals surface area contributed by atoms with E-state index in [0.717, 1.165) is 21.7 Å². The average molecular weight is 614 g/mol. The highest BCUT2D eigenvalue weighted by Gasteiger charge is 2.53. The third kappa shape index (κ3) is 7.58. The van der Waals surface area contributed by atoms with E-state index >= 15 is 0 Å².